The molecule has 0 saturated carbocycles. The summed E-state index contributed by atoms with van der Waals surface area (Å²) in [5, 5.41) is 24.6. The minimum atomic E-state index is -1.39. The number of nitrogens with one attached hydrogen (secondary N) is 2. The van der Waals surface area contributed by atoms with Gasteiger partial charge in [0.15, 0.2) is 5.96 Å². The molecule has 1 fully saturated rings. The molecule has 0 spiro atoms. The third-order valence-electron chi connectivity index (χ3n) is 5.31. The zero-order valence-corrected chi connectivity index (χ0v) is 19.2. The van der Waals surface area contributed by atoms with Crippen LogP contribution in [0.3, 0.4) is 0 Å². The Morgan fingerprint density at radius 3 is 2.57 bits per heavy atom. The molecule has 1 aromatic rings. The van der Waals surface area contributed by atoms with Crippen molar-refractivity contribution in [2.45, 2.75) is 50.1 Å². The van der Waals surface area contributed by atoms with Gasteiger partial charge in [0.1, 0.15) is 25.0 Å². The highest BCUT2D eigenvalue weighted by molar-refractivity contribution is 5.92. The lowest BCUT2D eigenvalue weighted by Crippen LogP contribution is -2.55. The first-order valence-electron chi connectivity index (χ1n) is 11.1. The average molecular weight is 493 g/mol. The minimum Gasteiger partial charge on any atom is -0.445 e. The summed E-state index contributed by atoms with van der Waals surface area (Å²) in [6.45, 7) is -0.686. The maximum Gasteiger partial charge on any atom is 0.408 e. The number of aliphatic hydroxyl groups excluding tert-OH is 2. The van der Waals surface area contributed by atoms with Crippen LogP contribution in [0.4, 0.5) is 4.79 Å². The lowest BCUT2D eigenvalue weighted by molar-refractivity contribution is -0.141. The quantitative estimate of drug-likeness (QED) is 0.0821. The van der Waals surface area contributed by atoms with Gasteiger partial charge in [-0.05, 0) is 18.4 Å². The number of guanidine groups is 1. The monoisotopic (exact) mass is 492 g/mol. The zero-order chi connectivity index (χ0) is 25.8. The van der Waals surface area contributed by atoms with Gasteiger partial charge in [-0.15, -0.1) is 0 Å². The number of nitrogens with two attached hydrogens (primary N) is 2. The number of likely N-dealkylation sites (tertiary alicyclic amines) is 1. The summed E-state index contributed by atoms with van der Waals surface area (Å²) < 4.78 is 5.07. The van der Waals surface area contributed by atoms with Crippen LogP contribution in [0.25, 0.3) is 0 Å². The van der Waals surface area contributed by atoms with E-state index < -0.39 is 48.7 Å². The topological polar surface area (TPSA) is 210 Å². The molecule has 13 heteroatoms. The molecule has 1 aromatic carbocycles. The van der Waals surface area contributed by atoms with Gasteiger partial charge in [0.25, 0.3) is 0 Å². The van der Waals surface area contributed by atoms with Gasteiger partial charge < -0.3 is 46.7 Å². The number of alkyl carbamates (subject to hydrolysis) is 1. The van der Waals surface area contributed by atoms with E-state index in [0.717, 1.165) is 10.5 Å². The van der Waals surface area contributed by atoms with Gasteiger partial charge in [0.05, 0.1) is 18.8 Å². The predicted octanol–water partition coefficient (Wildman–Crippen LogP) is -2.03. The highest BCUT2D eigenvalue weighted by atomic mass is 16.5. The van der Waals surface area contributed by atoms with Crippen LogP contribution in [0.1, 0.15) is 24.8 Å². The molecule has 2 rings (SSSR count). The van der Waals surface area contributed by atoms with E-state index in [1.807, 2.05) is 6.07 Å². The Hall–Kier alpha value is -3.71. The van der Waals surface area contributed by atoms with Crippen LogP contribution >= 0.6 is 0 Å². The molecule has 13 nitrogen and oxygen atoms in total. The molecule has 3 unspecified atom stereocenters. The van der Waals surface area contributed by atoms with Gasteiger partial charge >= 0.3 is 6.09 Å². The summed E-state index contributed by atoms with van der Waals surface area (Å²) in [6.07, 6.45) is -0.721. The maximum absolute atomic E-state index is 13.0. The number of benzene rings is 1. The second-order valence-corrected chi connectivity index (χ2v) is 8.04. The van der Waals surface area contributed by atoms with Gasteiger partial charge in [0.2, 0.25) is 11.8 Å². The second-order valence-electron chi connectivity index (χ2n) is 8.04. The van der Waals surface area contributed by atoms with E-state index in [1.165, 1.54) is 0 Å². The summed E-state index contributed by atoms with van der Waals surface area (Å²) >= 11 is 0. The average Bonchev–Trinajstić information content (AvgIpc) is 3.24. The Labute approximate surface area is 202 Å². The number of aliphatic imine (C=N–C) groups is 1. The normalized spacial score (nSPS) is 18.7. The van der Waals surface area contributed by atoms with Crippen LogP contribution in [-0.2, 0) is 25.7 Å². The molecule has 192 valence electrons. The van der Waals surface area contributed by atoms with Crippen LogP contribution < -0.4 is 22.1 Å². The van der Waals surface area contributed by atoms with Crippen molar-refractivity contribution in [3.05, 3.63) is 35.9 Å². The largest absolute Gasteiger partial charge is 0.445 e. The molecule has 3 amide bonds. The fraction of sp³-hybridized carbons (Fsp3) is 0.500. The van der Waals surface area contributed by atoms with E-state index in [1.54, 1.807) is 24.3 Å². The lowest BCUT2D eigenvalue weighted by Gasteiger charge is -2.28. The fourth-order valence-corrected chi connectivity index (χ4v) is 3.57. The molecule has 4 atom stereocenters. The number of amides is 3. The lowest BCUT2D eigenvalue weighted by atomic mass is 10.1. The van der Waals surface area contributed by atoms with Gasteiger partial charge in [-0.2, -0.15) is 0 Å². The Bertz CT molecular complexity index is 894. The van der Waals surface area contributed by atoms with E-state index in [9.17, 15) is 29.4 Å². The number of ether oxygens (including phenoxy) is 1. The molecular formula is C22H32N6O7. The van der Waals surface area contributed by atoms with Crippen molar-refractivity contribution in [2.75, 3.05) is 19.7 Å². The van der Waals surface area contributed by atoms with Crippen molar-refractivity contribution in [1.82, 2.24) is 15.5 Å². The number of hydrogen-bond donors (Lipinski definition) is 6. The standard InChI is InChI=1S/C22H32N6O7/c23-21(24)25-8-4-7-15(11-29)26-19(32)18-9-16(31)10-28(18)20(33)17(12-30)27-22(34)35-13-14-5-2-1-3-6-14/h1-3,5-6,11,15-18,30-31H,4,7-10,12-13H2,(H,26,32)(H,27,34)(H4,23,24,25)/t15?,16?,17-,18?/m1/s1. The van der Waals surface area contributed by atoms with Crippen LogP contribution in [0.15, 0.2) is 35.3 Å². The number of β-amino-alcohol motifs (C(OH)–C–C–N with tert-alkyl or cyclic N) is 1. The van der Waals surface area contributed by atoms with E-state index in [0.29, 0.717) is 12.7 Å². The Kier molecular flexibility index (Phi) is 10.9. The number of aldehydes is 1. The van der Waals surface area contributed by atoms with Crippen molar-refractivity contribution in [2.24, 2.45) is 16.5 Å². The van der Waals surface area contributed by atoms with Gasteiger partial charge in [-0.25, -0.2) is 4.79 Å². The molecule has 0 aliphatic carbocycles. The van der Waals surface area contributed by atoms with Crippen LogP contribution in [0.5, 0.6) is 0 Å². The van der Waals surface area contributed by atoms with Gasteiger partial charge in [0, 0.05) is 19.5 Å². The number of rotatable bonds is 12. The summed E-state index contributed by atoms with van der Waals surface area (Å²) in [6, 6.07) is 5.55. The molecule has 0 aromatic heterocycles. The molecule has 1 aliphatic heterocycles. The van der Waals surface area contributed by atoms with Crippen molar-refractivity contribution in [3.8, 4) is 0 Å². The highest BCUT2D eigenvalue weighted by Crippen LogP contribution is 2.20. The smallest absolute Gasteiger partial charge is 0.408 e. The van der Waals surface area contributed by atoms with Crippen molar-refractivity contribution in [3.63, 3.8) is 0 Å². The summed E-state index contributed by atoms with van der Waals surface area (Å²) in [4.78, 5) is 54.1. The van der Waals surface area contributed by atoms with Gasteiger partial charge in [-0.1, -0.05) is 30.3 Å². The van der Waals surface area contributed by atoms with Gasteiger partial charge in [-0.3, -0.25) is 14.6 Å². The maximum atomic E-state index is 13.0. The molecular weight excluding hydrogens is 460 g/mol. The summed E-state index contributed by atoms with van der Waals surface area (Å²) in [5.74, 6) is -1.49. The first-order chi connectivity index (χ1) is 16.7. The predicted molar refractivity (Wildman–Crippen MR) is 125 cm³/mol. The molecule has 8 N–H and O–H groups in total. The third-order valence-corrected chi connectivity index (χ3v) is 5.31. The van der Waals surface area contributed by atoms with Crippen LogP contribution in [-0.4, -0.2) is 89.2 Å². The Morgan fingerprint density at radius 1 is 1.23 bits per heavy atom. The number of carbonyl (C=O) groups is 4. The van der Waals surface area contributed by atoms with E-state index in [4.69, 9.17) is 16.2 Å². The van der Waals surface area contributed by atoms with E-state index in [-0.39, 0.29) is 38.5 Å². The van der Waals surface area contributed by atoms with Crippen LogP contribution in [0.2, 0.25) is 0 Å². The number of carbonyl (C=O) groups excluding carboxylic acids is 4. The van der Waals surface area contributed by atoms with Crippen LogP contribution in [0, 0.1) is 0 Å². The SMILES string of the molecule is NC(N)=NCCCC(C=O)NC(=O)C1CC(O)CN1C(=O)[C@@H](CO)NC(=O)OCc1ccccc1. The number of nitrogens with zero attached hydrogens (tertiary/aromatic N) is 2. The van der Waals surface area contributed by atoms with Crippen molar-refractivity contribution < 1.29 is 34.1 Å². The molecule has 1 saturated heterocycles. The summed E-state index contributed by atoms with van der Waals surface area (Å²) in [7, 11) is 0. The highest BCUT2D eigenvalue weighted by Gasteiger charge is 2.41. The first-order valence-corrected chi connectivity index (χ1v) is 11.1. The van der Waals surface area contributed by atoms with E-state index in [2.05, 4.69) is 15.6 Å². The fourth-order valence-electron chi connectivity index (χ4n) is 3.57. The molecule has 35 heavy (non-hydrogen) atoms. The second kappa shape index (κ2) is 13.9. The molecule has 1 heterocycles. The molecule has 0 radical (unpaired) electrons. The van der Waals surface area contributed by atoms with E-state index >= 15 is 0 Å². The van der Waals surface area contributed by atoms with Crippen molar-refractivity contribution in [1.29, 1.82) is 0 Å². The first kappa shape index (κ1) is 27.5. The third kappa shape index (κ3) is 8.87. The zero-order valence-electron chi connectivity index (χ0n) is 19.2. The Balaban J connectivity index is 1.95. The number of hydrogen-bond acceptors (Lipinski definition) is 8. The minimum absolute atomic E-state index is 0.0389. The number of aliphatic hydroxyl groups is 2. The molecule has 1 aliphatic rings. The Morgan fingerprint density at radius 2 is 1.94 bits per heavy atom. The molecule has 0 bridgehead atoms. The summed E-state index contributed by atoms with van der Waals surface area (Å²) in [5.41, 5.74) is 11.2. The van der Waals surface area contributed by atoms with Crippen molar-refractivity contribution >= 4 is 30.2 Å².